The van der Waals surface area contributed by atoms with Crippen molar-refractivity contribution in [1.82, 2.24) is 10.2 Å². The molecule has 0 aromatic heterocycles. The molecule has 0 spiro atoms. The average molecular weight is 242 g/mol. The van der Waals surface area contributed by atoms with Crippen molar-refractivity contribution in [3.05, 3.63) is 0 Å². The van der Waals surface area contributed by atoms with Gasteiger partial charge in [0.1, 0.15) is 0 Å². The van der Waals surface area contributed by atoms with Gasteiger partial charge in [-0.15, -0.1) is 0 Å². The van der Waals surface area contributed by atoms with Gasteiger partial charge in [-0.2, -0.15) is 0 Å². The first kappa shape index (κ1) is 13.8. The number of carboxylic acids is 1. The second-order valence-corrected chi connectivity index (χ2v) is 5.73. The number of aliphatic carboxylic acids is 1. The molecule has 17 heavy (non-hydrogen) atoms. The van der Waals surface area contributed by atoms with E-state index < -0.39 is 5.97 Å². The molecule has 1 fully saturated rings. The smallest absolute Gasteiger partial charge is 0.317 e. The zero-order chi connectivity index (χ0) is 13.1. The molecule has 0 aromatic carbocycles. The second kappa shape index (κ2) is 5.38. The van der Waals surface area contributed by atoms with Crippen LogP contribution in [0.1, 0.15) is 40.0 Å². The van der Waals surface area contributed by atoms with Crippen molar-refractivity contribution >= 4 is 12.0 Å². The molecule has 1 aliphatic heterocycles. The van der Waals surface area contributed by atoms with Gasteiger partial charge in [0.25, 0.3) is 0 Å². The van der Waals surface area contributed by atoms with Crippen LogP contribution in [0.15, 0.2) is 0 Å². The number of nitrogens with zero attached hydrogens (tertiary/aromatic N) is 1. The van der Waals surface area contributed by atoms with Crippen molar-refractivity contribution in [3.63, 3.8) is 0 Å². The molecule has 5 heteroatoms. The molecule has 2 amide bonds. The third kappa shape index (κ3) is 5.06. The number of urea groups is 1. The Bertz CT molecular complexity index is 297. The largest absolute Gasteiger partial charge is 0.481 e. The van der Waals surface area contributed by atoms with E-state index >= 15 is 0 Å². The van der Waals surface area contributed by atoms with E-state index in [1.54, 1.807) is 4.90 Å². The number of hydrogen-bond acceptors (Lipinski definition) is 2. The fraction of sp³-hybridized carbons (Fsp3) is 0.833. The lowest BCUT2D eigenvalue weighted by molar-refractivity contribution is -0.138. The van der Waals surface area contributed by atoms with Crippen LogP contribution in [0.3, 0.4) is 0 Å². The molecule has 0 aromatic rings. The third-order valence-corrected chi connectivity index (χ3v) is 2.75. The molecule has 1 heterocycles. The maximum atomic E-state index is 11.9. The Labute approximate surface area is 102 Å². The summed E-state index contributed by atoms with van der Waals surface area (Å²) in [5.74, 6) is -0.694. The fourth-order valence-corrected chi connectivity index (χ4v) is 2.06. The number of hydrogen-bond donors (Lipinski definition) is 2. The Kier molecular flexibility index (Phi) is 4.37. The van der Waals surface area contributed by atoms with Gasteiger partial charge in [0, 0.05) is 25.0 Å². The highest BCUT2D eigenvalue weighted by molar-refractivity contribution is 5.75. The normalized spacial score (nSPS) is 21.1. The van der Waals surface area contributed by atoms with Crippen LogP contribution in [-0.2, 0) is 4.79 Å². The first-order valence-electron chi connectivity index (χ1n) is 6.07. The molecule has 1 rings (SSSR count). The Hall–Kier alpha value is -1.26. The fourth-order valence-electron chi connectivity index (χ4n) is 2.06. The molecule has 2 N–H and O–H groups in total. The molecule has 1 unspecified atom stereocenters. The monoisotopic (exact) mass is 242 g/mol. The van der Waals surface area contributed by atoms with Gasteiger partial charge in [-0.1, -0.05) is 0 Å². The molecule has 0 saturated carbocycles. The minimum absolute atomic E-state index is 0.0898. The van der Waals surface area contributed by atoms with E-state index in [2.05, 4.69) is 5.32 Å². The number of carbonyl (C=O) groups excluding carboxylic acids is 1. The molecular weight excluding hydrogens is 220 g/mol. The summed E-state index contributed by atoms with van der Waals surface area (Å²) >= 11 is 0. The minimum Gasteiger partial charge on any atom is -0.481 e. The van der Waals surface area contributed by atoms with Crippen LogP contribution in [0, 0.1) is 5.92 Å². The molecular formula is C12H22N2O3. The summed E-state index contributed by atoms with van der Waals surface area (Å²) in [4.78, 5) is 24.3. The lowest BCUT2D eigenvalue weighted by Gasteiger charge is -2.34. The molecule has 0 bridgehead atoms. The summed E-state index contributed by atoms with van der Waals surface area (Å²) in [5.41, 5.74) is -0.253. The Morgan fingerprint density at radius 2 is 2.06 bits per heavy atom. The lowest BCUT2D eigenvalue weighted by atomic mass is 9.95. The van der Waals surface area contributed by atoms with Gasteiger partial charge in [-0.05, 0) is 39.5 Å². The van der Waals surface area contributed by atoms with Crippen molar-refractivity contribution in [1.29, 1.82) is 0 Å². The molecule has 0 radical (unpaired) electrons. The van der Waals surface area contributed by atoms with E-state index in [1.807, 2.05) is 20.8 Å². The summed E-state index contributed by atoms with van der Waals surface area (Å²) in [5, 5.41) is 11.7. The van der Waals surface area contributed by atoms with Crippen LogP contribution >= 0.6 is 0 Å². The van der Waals surface area contributed by atoms with Crippen LogP contribution in [-0.4, -0.2) is 40.6 Å². The Morgan fingerprint density at radius 1 is 1.41 bits per heavy atom. The number of nitrogens with one attached hydrogen (secondary N) is 1. The van der Waals surface area contributed by atoms with Crippen molar-refractivity contribution in [2.24, 2.45) is 5.92 Å². The summed E-state index contributed by atoms with van der Waals surface area (Å²) in [6.45, 7) is 7.07. The molecule has 5 nitrogen and oxygen atoms in total. The van der Waals surface area contributed by atoms with Gasteiger partial charge < -0.3 is 15.3 Å². The zero-order valence-electron chi connectivity index (χ0n) is 10.8. The standard InChI is InChI=1S/C12H22N2O3/c1-12(2,3)13-11(17)14-6-4-5-9(8-14)7-10(15)16/h9H,4-8H2,1-3H3,(H,13,17)(H,15,16). The van der Waals surface area contributed by atoms with Crippen molar-refractivity contribution in [2.75, 3.05) is 13.1 Å². The maximum absolute atomic E-state index is 11.9. The summed E-state index contributed by atoms with van der Waals surface area (Å²) < 4.78 is 0. The molecule has 0 aliphatic carbocycles. The van der Waals surface area contributed by atoms with E-state index in [0.717, 1.165) is 19.4 Å². The topological polar surface area (TPSA) is 69.6 Å². The number of rotatable bonds is 2. The maximum Gasteiger partial charge on any atom is 0.317 e. The van der Waals surface area contributed by atoms with Gasteiger partial charge in [0.15, 0.2) is 0 Å². The molecule has 1 aliphatic rings. The predicted octanol–water partition coefficient (Wildman–Crippen LogP) is 1.68. The minimum atomic E-state index is -0.784. The third-order valence-electron chi connectivity index (χ3n) is 2.75. The van der Waals surface area contributed by atoms with Crippen LogP contribution in [0.4, 0.5) is 4.79 Å². The van der Waals surface area contributed by atoms with Crippen LogP contribution < -0.4 is 5.32 Å². The van der Waals surface area contributed by atoms with E-state index in [0.29, 0.717) is 6.54 Å². The number of piperidine rings is 1. The highest BCUT2D eigenvalue weighted by atomic mass is 16.4. The van der Waals surface area contributed by atoms with Crippen LogP contribution in [0.25, 0.3) is 0 Å². The van der Waals surface area contributed by atoms with E-state index in [9.17, 15) is 9.59 Å². The summed E-state index contributed by atoms with van der Waals surface area (Å²) in [7, 11) is 0. The number of amides is 2. The van der Waals surface area contributed by atoms with Crippen molar-refractivity contribution < 1.29 is 14.7 Å². The number of likely N-dealkylation sites (tertiary alicyclic amines) is 1. The van der Waals surface area contributed by atoms with E-state index in [4.69, 9.17) is 5.11 Å². The lowest BCUT2D eigenvalue weighted by Crippen LogP contribution is -2.51. The van der Waals surface area contributed by atoms with Crippen molar-refractivity contribution in [2.45, 2.75) is 45.6 Å². The quantitative estimate of drug-likeness (QED) is 0.774. The van der Waals surface area contributed by atoms with Crippen LogP contribution in [0.5, 0.6) is 0 Å². The van der Waals surface area contributed by atoms with Gasteiger partial charge in [-0.3, -0.25) is 4.79 Å². The van der Waals surface area contributed by atoms with Crippen molar-refractivity contribution in [3.8, 4) is 0 Å². The van der Waals surface area contributed by atoms with Gasteiger partial charge >= 0.3 is 12.0 Å². The first-order chi connectivity index (χ1) is 7.78. The molecule has 98 valence electrons. The second-order valence-electron chi connectivity index (χ2n) is 5.73. The summed E-state index contributed by atoms with van der Waals surface area (Å²) in [6, 6.07) is -0.0902. The van der Waals surface area contributed by atoms with Crippen LogP contribution in [0.2, 0.25) is 0 Å². The van der Waals surface area contributed by atoms with Gasteiger partial charge in [0.2, 0.25) is 0 Å². The van der Waals surface area contributed by atoms with Gasteiger partial charge in [0.05, 0.1) is 0 Å². The van der Waals surface area contributed by atoms with Gasteiger partial charge in [-0.25, -0.2) is 4.79 Å². The molecule has 1 saturated heterocycles. The van der Waals surface area contributed by atoms with E-state index in [1.165, 1.54) is 0 Å². The Balaban J connectivity index is 2.49. The van der Waals surface area contributed by atoms with E-state index in [-0.39, 0.29) is 23.9 Å². The zero-order valence-corrected chi connectivity index (χ0v) is 10.8. The highest BCUT2D eigenvalue weighted by Gasteiger charge is 2.26. The number of carbonyl (C=O) groups is 2. The molecule has 1 atom stereocenters. The first-order valence-corrected chi connectivity index (χ1v) is 6.07. The highest BCUT2D eigenvalue weighted by Crippen LogP contribution is 2.19. The predicted molar refractivity (Wildman–Crippen MR) is 64.8 cm³/mol. The summed E-state index contributed by atoms with van der Waals surface area (Å²) in [6.07, 6.45) is 1.93. The average Bonchev–Trinajstić information content (AvgIpc) is 2.14. The SMILES string of the molecule is CC(C)(C)NC(=O)N1CCCC(CC(=O)O)C1. The number of carboxylic acid groups (broad SMARTS) is 1. The Morgan fingerprint density at radius 3 is 2.59 bits per heavy atom.